The van der Waals surface area contributed by atoms with Crippen LogP contribution in [0.25, 0.3) is 5.57 Å². The molecule has 7 rings (SSSR count). The third-order valence-corrected chi connectivity index (χ3v) is 16.2. The van der Waals surface area contributed by atoms with Crippen LogP contribution in [-0.2, 0) is 0 Å². The molecule has 1 aromatic carbocycles. The minimum Gasteiger partial charge on any atom is -0.478 e. The summed E-state index contributed by atoms with van der Waals surface area (Å²) in [6, 6.07) is 7.59. The van der Waals surface area contributed by atoms with Gasteiger partial charge in [0.2, 0.25) is 0 Å². The van der Waals surface area contributed by atoms with E-state index in [0.717, 1.165) is 37.9 Å². The highest BCUT2D eigenvalue weighted by atomic mass is 19.3. The van der Waals surface area contributed by atoms with E-state index in [1.165, 1.54) is 74.5 Å². The number of carbonyl (C=O) groups is 1. The fourth-order valence-electron chi connectivity index (χ4n) is 13.6. The van der Waals surface area contributed by atoms with Crippen molar-refractivity contribution in [1.29, 1.82) is 0 Å². The molecule has 6 aliphatic rings. The Bertz CT molecular complexity index is 1470. The zero-order valence-electron chi connectivity index (χ0n) is 33.0. The topological polar surface area (TPSA) is 52.6 Å². The maximum Gasteiger partial charge on any atom is 0.335 e. The van der Waals surface area contributed by atoms with E-state index in [4.69, 9.17) is 0 Å². The minimum atomic E-state index is -2.47. The van der Waals surface area contributed by atoms with Crippen LogP contribution in [0.1, 0.15) is 141 Å². The van der Waals surface area contributed by atoms with Crippen LogP contribution in [0, 0.1) is 50.7 Å². The number of allylic oxidation sites excluding steroid dienone is 3. The number of piperidine rings is 1. The van der Waals surface area contributed by atoms with Gasteiger partial charge in [0.15, 0.2) is 0 Å². The Morgan fingerprint density at radius 3 is 2.18 bits per heavy atom. The number of rotatable bonds is 7. The summed E-state index contributed by atoms with van der Waals surface area (Å²) in [5, 5.41) is 13.3. The van der Waals surface area contributed by atoms with Crippen molar-refractivity contribution >= 4 is 11.5 Å². The fourth-order valence-corrected chi connectivity index (χ4v) is 13.6. The molecule has 5 fully saturated rings. The molecule has 0 spiro atoms. The zero-order chi connectivity index (χ0) is 37.0. The monoisotopic (exact) mass is 707 g/mol. The van der Waals surface area contributed by atoms with E-state index < -0.39 is 11.9 Å². The number of aromatic carboxylic acids is 1. The van der Waals surface area contributed by atoms with Crippen LogP contribution < -0.4 is 5.32 Å². The van der Waals surface area contributed by atoms with E-state index in [1.54, 1.807) is 12.1 Å². The molecule has 1 aliphatic heterocycles. The van der Waals surface area contributed by atoms with Gasteiger partial charge in [-0.25, -0.2) is 13.6 Å². The number of hydrogen-bond acceptors (Lipinski definition) is 3. The quantitative estimate of drug-likeness (QED) is 0.219. The van der Waals surface area contributed by atoms with E-state index >= 15 is 0 Å². The highest BCUT2D eigenvalue weighted by Crippen LogP contribution is 2.77. The molecule has 8 atom stereocenters. The van der Waals surface area contributed by atoms with Crippen molar-refractivity contribution in [1.82, 2.24) is 10.2 Å². The van der Waals surface area contributed by atoms with Gasteiger partial charge in [0.05, 0.1) is 5.56 Å². The Morgan fingerprint density at radius 2 is 1.53 bits per heavy atom. The molecular formula is C45H68F2N2O2. The third-order valence-electron chi connectivity index (χ3n) is 16.2. The molecule has 7 unspecified atom stereocenters. The van der Waals surface area contributed by atoms with Crippen LogP contribution >= 0.6 is 0 Å². The molecule has 1 aromatic rings. The van der Waals surface area contributed by atoms with Crippen molar-refractivity contribution in [3.63, 3.8) is 0 Å². The molecule has 1 saturated heterocycles. The molecule has 0 bridgehead atoms. The van der Waals surface area contributed by atoms with Gasteiger partial charge in [-0.15, -0.1) is 6.58 Å². The summed E-state index contributed by atoms with van der Waals surface area (Å²) in [6.07, 6.45) is 15.7. The lowest BCUT2D eigenvalue weighted by Gasteiger charge is -2.72. The molecule has 284 valence electrons. The van der Waals surface area contributed by atoms with Crippen molar-refractivity contribution in [2.75, 3.05) is 32.7 Å². The lowest BCUT2D eigenvalue weighted by atomic mass is 9.32. The highest BCUT2D eigenvalue weighted by Gasteiger charge is 2.69. The average Bonchev–Trinajstić information content (AvgIpc) is 3.48. The Hall–Kier alpha value is -2.05. The number of hydrogen-bond donors (Lipinski definition) is 2. The molecule has 2 N–H and O–H groups in total. The summed E-state index contributed by atoms with van der Waals surface area (Å²) in [5.74, 6) is -0.418. The summed E-state index contributed by atoms with van der Waals surface area (Å²) < 4.78 is 27.3. The number of alkyl halides is 2. The molecule has 0 amide bonds. The summed E-state index contributed by atoms with van der Waals surface area (Å²) in [5.41, 5.74) is 5.51. The maximum atomic E-state index is 13.6. The van der Waals surface area contributed by atoms with Gasteiger partial charge in [0.1, 0.15) is 0 Å². The van der Waals surface area contributed by atoms with Gasteiger partial charge in [-0.05, 0) is 146 Å². The van der Waals surface area contributed by atoms with Crippen LogP contribution in [0.15, 0.2) is 42.5 Å². The second-order valence-corrected chi connectivity index (χ2v) is 19.5. The zero-order valence-corrected chi connectivity index (χ0v) is 33.0. The number of likely N-dealkylation sites (tertiary alicyclic amines) is 1. The first-order valence-corrected chi connectivity index (χ1v) is 20.4. The predicted molar refractivity (Wildman–Crippen MR) is 206 cm³/mol. The van der Waals surface area contributed by atoms with E-state index in [9.17, 15) is 18.7 Å². The summed E-state index contributed by atoms with van der Waals surface area (Å²) in [6.45, 7) is 24.4. The normalized spacial score (nSPS) is 39.6. The van der Waals surface area contributed by atoms with Crippen molar-refractivity contribution in [2.45, 2.75) is 131 Å². The van der Waals surface area contributed by atoms with Gasteiger partial charge < -0.3 is 15.3 Å². The molecular weight excluding hydrogens is 639 g/mol. The Morgan fingerprint density at radius 1 is 0.863 bits per heavy atom. The SMILES string of the molecule is C=C(C)C.CC1(C)C(c2ccc(C(=O)O)cc2)=CCC2(C)C1CCC1(C)C2CCC2C3CCCC3(CNCCN3CCC(F)(F)CC3)CC[C@]21C. The van der Waals surface area contributed by atoms with Gasteiger partial charge in [0.25, 0.3) is 5.92 Å². The largest absolute Gasteiger partial charge is 0.478 e. The van der Waals surface area contributed by atoms with Gasteiger partial charge in [-0.3, -0.25) is 0 Å². The van der Waals surface area contributed by atoms with Gasteiger partial charge in [0, 0.05) is 45.6 Å². The Labute approximate surface area is 308 Å². The Kier molecular flexibility index (Phi) is 10.6. The van der Waals surface area contributed by atoms with Gasteiger partial charge in [-0.1, -0.05) is 64.8 Å². The second-order valence-electron chi connectivity index (χ2n) is 19.5. The van der Waals surface area contributed by atoms with Gasteiger partial charge in [-0.2, -0.15) is 0 Å². The summed E-state index contributed by atoms with van der Waals surface area (Å²) >= 11 is 0. The molecule has 5 aliphatic carbocycles. The molecule has 51 heavy (non-hydrogen) atoms. The van der Waals surface area contributed by atoms with E-state index in [-0.39, 0.29) is 23.7 Å². The van der Waals surface area contributed by atoms with E-state index in [2.05, 4.69) is 57.5 Å². The lowest BCUT2D eigenvalue weighted by Crippen LogP contribution is -2.65. The molecule has 0 aromatic heterocycles. The fraction of sp³-hybridized carbons (Fsp3) is 0.756. The molecule has 4 nitrogen and oxygen atoms in total. The van der Waals surface area contributed by atoms with E-state index in [1.807, 2.05) is 26.0 Å². The first-order valence-electron chi connectivity index (χ1n) is 20.4. The minimum absolute atomic E-state index is 0.0101. The molecule has 6 heteroatoms. The Balaban J connectivity index is 0.00000107. The lowest BCUT2D eigenvalue weighted by molar-refractivity contribution is -0.222. The molecule has 4 saturated carbocycles. The van der Waals surface area contributed by atoms with Crippen molar-refractivity contribution in [3.8, 4) is 0 Å². The number of benzene rings is 1. The summed E-state index contributed by atoms with van der Waals surface area (Å²) in [4.78, 5) is 13.7. The second kappa shape index (κ2) is 14.0. The number of carboxylic acid groups (broad SMARTS) is 1. The first kappa shape index (κ1) is 38.7. The smallest absolute Gasteiger partial charge is 0.335 e. The highest BCUT2D eigenvalue weighted by molar-refractivity contribution is 5.88. The summed E-state index contributed by atoms with van der Waals surface area (Å²) in [7, 11) is 0. The van der Waals surface area contributed by atoms with Crippen molar-refractivity contribution in [3.05, 3.63) is 53.6 Å². The maximum absolute atomic E-state index is 13.6. The van der Waals surface area contributed by atoms with Crippen LogP contribution in [0.5, 0.6) is 0 Å². The average molecular weight is 707 g/mol. The first-order chi connectivity index (χ1) is 23.9. The number of halogens is 2. The number of carboxylic acids is 1. The van der Waals surface area contributed by atoms with Crippen molar-refractivity contribution < 1.29 is 18.7 Å². The van der Waals surface area contributed by atoms with Crippen LogP contribution in [0.2, 0.25) is 0 Å². The third kappa shape index (κ3) is 6.81. The standard InChI is InChI=1S/C41H60F2N2O2.C4H8/c1-36(2)30(28-8-10-29(11-9-28)35(46)47)14-17-37(3)33(36)15-18-39(5)34(37)13-12-31-32-7-6-16-40(32,20-19-38(31,39)4)27-44-23-26-45-24-21-41(42,43)22-25-45;1-4(2)3/h8-11,14,31-34,44H,6-7,12-13,15-27H2,1-5H3,(H,46,47);1H2,2-3H3/t31?,32?,33?,34?,37?,38-,39?,40?;/m1./s1. The molecule has 1 heterocycles. The molecule has 0 radical (unpaired) electrons. The van der Waals surface area contributed by atoms with Crippen LogP contribution in [0.4, 0.5) is 8.78 Å². The number of nitrogens with zero attached hydrogens (tertiary/aromatic N) is 1. The van der Waals surface area contributed by atoms with E-state index in [0.29, 0.717) is 46.7 Å². The van der Waals surface area contributed by atoms with Crippen molar-refractivity contribution in [2.24, 2.45) is 50.7 Å². The van der Waals surface area contributed by atoms with Crippen LogP contribution in [-0.4, -0.2) is 54.6 Å². The number of nitrogens with one attached hydrogen (secondary N) is 1. The van der Waals surface area contributed by atoms with Gasteiger partial charge >= 0.3 is 5.97 Å². The predicted octanol–water partition coefficient (Wildman–Crippen LogP) is 11.1. The van der Waals surface area contributed by atoms with Crippen LogP contribution in [0.3, 0.4) is 0 Å². The number of fused-ring (bicyclic) bond motifs is 7.